The first-order valence-electron chi connectivity index (χ1n) is 10.7. The summed E-state index contributed by atoms with van der Waals surface area (Å²) in [4.78, 5) is 26.4. The van der Waals surface area contributed by atoms with Gasteiger partial charge in [-0.25, -0.2) is 0 Å². The number of nitrogens with zero attached hydrogens (tertiary/aromatic N) is 1. The predicted octanol–water partition coefficient (Wildman–Crippen LogP) is 3.93. The van der Waals surface area contributed by atoms with E-state index < -0.39 is 11.8 Å². The molecule has 0 unspecified atom stereocenters. The number of amides is 2. The molecular formula is C24H31N3O2. The molecule has 154 valence electrons. The van der Waals surface area contributed by atoms with E-state index in [1.165, 1.54) is 36.1 Å². The lowest BCUT2D eigenvalue weighted by atomic mass is 10.1. The summed E-state index contributed by atoms with van der Waals surface area (Å²) in [6.45, 7) is 4.85. The Balaban J connectivity index is 1.36. The van der Waals surface area contributed by atoms with E-state index >= 15 is 0 Å². The van der Waals surface area contributed by atoms with Crippen LogP contribution in [-0.4, -0.2) is 31.4 Å². The number of aryl methyl sites for hydroxylation is 2. The lowest BCUT2D eigenvalue weighted by Gasteiger charge is -2.28. The van der Waals surface area contributed by atoms with E-state index in [0.29, 0.717) is 12.2 Å². The minimum atomic E-state index is -0.625. The van der Waals surface area contributed by atoms with Gasteiger partial charge in [0, 0.05) is 31.0 Å². The van der Waals surface area contributed by atoms with Gasteiger partial charge in [0.25, 0.3) is 0 Å². The summed E-state index contributed by atoms with van der Waals surface area (Å²) < 4.78 is 0. The number of hydrogen-bond acceptors (Lipinski definition) is 3. The molecule has 2 aromatic carbocycles. The van der Waals surface area contributed by atoms with E-state index in [0.717, 1.165) is 32.4 Å². The first-order valence-corrected chi connectivity index (χ1v) is 10.7. The van der Waals surface area contributed by atoms with Crippen molar-refractivity contribution in [1.29, 1.82) is 0 Å². The Labute approximate surface area is 173 Å². The van der Waals surface area contributed by atoms with E-state index in [9.17, 15) is 9.59 Å². The molecule has 1 fully saturated rings. The average Bonchev–Trinajstić information content (AvgIpc) is 2.78. The van der Waals surface area contributed by atoms with E-state index in [1.807, 2.05) is 24.3 Å². The molecule has 1 saturated heterocycles. The van der Waals surface area contributed by atoms with Crippen molar-refractivity contribution in [3.63, 3.8) is 0 Å². The zero-order valence-corrected chi connectivity index (χ0v) is 17.2. The summed E-state index contributed by atoms with van der Waals surface area (Å²) in [6.07, 6.45) is 6.51. The first kappa shape index (κ1) is 20.9. The minimum absolute atomic E-state index is 0.481. The second kappa shape index (κ2) is 10.6. The number of benzene rings is 2. The van der Waals surface area contributed by atoms with Gasteiger partial charge in [-0.2, -0.15) is 0 Å². The third-order valence-corrected chi connectivity index (χ3v) is 5.41. The third kappa shape index (κ3) is 6.34. The van der Waals surface area contributed by atoms with E-state index in [4.69, 9.17) is 0 Å². The van der Waals surface area contributed by atoms with Gasteiger partial charge >= 0.3 is 11.8 Å². The van der Waals surface area contributed by atoms with E-state index in [-0.39, 0.29) is 0 Å². The molecule has 2 aromatic rings. The van der Waals surface area contributed by atoms with E-state index in [1.54, 1.807) is 0 Å². The van der Waals surface area contributed by atoms with Gasteiger partial charge in [-0.15, -0.1) is 0 Å². The van der Waals surface area contributed by atoms with Crippen LogP contribution in [0.3, 0.4) is 0 Å². The number of carbonyl (C=O) groups is 2. The van der Waals surface area contributed by atoms with Gasteiger partial charge in [0.05, 0.1) is 0 Å². The molecule has 0 atom stereocenters. The summed E-state index contributed by atoms with van der Waals surface area (Å²) >= 11 is 0. The smallest absolute Gasteiger partial charge is 0.313 e. The molecule has 1 heterocycles. The fourth-order valence-corrected chi connectivity index (χ4v) is 3.61. The highest BCUT2D eigenvalue weighted by Crippen LogP contribution is 2.20. The van der Waals surface area contributed by atoms with Gasteiger partial charge in [-0.05, 0) is 73.9 Å². The molecule has 2 amide bonds. The molecule has 0 spiro atoms. The third-order valence-electron chi connectivity index (χ3n) is 5.41. The van der Waals surface area contributed by atoms with Gasteiger partial charge in [-0.3, -0.25) is 9.59 Å². The van der Waals surface area contributed by atoms with Gasteiger partial charge < -0.3 is 15.5 Å². The Kier molecular flexibility index (Phi) is 7.68. The lowest BCUT2D eigenvalue weighted by Crippen LogP contribution is -2.36. The van der Waals surface area contributed by atoms with Crippen LogP contribution in [0.2, 0.25) is 0 Å². The van der Waals surface area contributed by atoms with Crippen LogP contribution >= 0.6 is 0 Å². The fourth-order valence-electron chi connectivity index (χ4n) is 3.61. The predicted molar refractivity (Wildman–Crippen MR) is 118 cm³/mol. The van der Waals surface area contributed by atoms with Crippen LogP contribution in [0.15, 0.2) is 48.5 Å². The largest absolute Gasteiger partial charge is 0.372 e. The van der Waals surface area contributed by atoms with Crippen LogP contribution in [0.1, 0.15) is 43.7 Å². The van der Waals surface area contributed by atoms with Crippen molar-refractivity contribution in [3.05, 3.63) is 59.7 Å². The molecule has 5 nitrogen and oxygen atoms in total. The van der Waals surface area contributed by atoms with Crippen LogP contribution in [0.4, 0.5) is 11.4 Å². The number of carbonyl (C=O) groups excluding carboxylic acids is 2. The van der Waals surface area contributed by atoms with Crippen molar-refractivity contribution >= 4 is 23.2 Å². The molecule has 3 rings (SSSR count). The van der Waals surface area contributed by atoms with Crippen molar-refractivity contribution in [3.8, 4) is 0 Å². The Bertz CT molecular complexity index is 794. The van der Waals surface area contributed by atoms with Gasteiger partial charge in [0.15, 0.2) is 0 Å². The quantitative estimate of drug-likeness (QED) is 0.553. The lowest BCUT2D eigenvalue weighted by molar-refractivity contribution is -0.136. The van der Waals surface area contributed by atoms with Crippen LogP contribution in [0.5, 0.6) is 0 Å². The zero-order valence-electron chi connectivity index (χ0n) is 17.2. The monoisotopic (exact) mass is 393 g/mol. The second-order valence-corrected chi connectivity index (χ2v) is 7.58. The maximum atomic E-state index is 12.0. The Morgan fingerprint density at radius 3 is 2.17 bits per heavy atom. The van der Waals surface area contributed by atoms with Gasteiger partial charge in [0.2, 0.25) is 0 Å². The maximum Gasteiger partial charge on any atom is 0.313 e. The Hall–Kier alpha value is -2.82. The number of anilines is 2. The summed E-state index contributed by atoms with van der Waals surface area (Å²) in [5.41, 5.74) is 4.37. The minimum Gasteiger partial charge on any atom is -0.372 e. The van der Waals surface area contributed by atoms with E-state index in [2.05, 4.69) is 46.7 Å². The van der Waals surface area contributed by atoms with Crippen molar-refractivity contribution in [2.45, 2.75) is 45.4 Å². The Morgan fingerprint density at radius 1 is 0.862 bits per heavy atom. The molecule has 0 aliphatic carbocycles. The van der Waals surface area contributed by atoms with Crippen LogP contribution in [0.25, 0.3) is 0 Å². The first-order chi connectivity index (χ1) is 14.2. The molecule has 29 heavy (non-hydrogen) atoms. The number of rotatable bonds is 7. The highest BCUT2D eigenvalue weighted by Gasteiger charge is 2.13. The number of hydrogen-bond donors (Lipinski definition) is 2. The number of nitrogens with one attached hydrogen (secondary N) is 2. The van der Waals surface area contributed by atoms with Crippen molar-refractivity contribution in [2.24, 2.45) is 0 Å². The topological polar surface area (TPSA) is 61.4 Å². The molecular weight excluding hydrogens is 362 g/mol. The summed E-state index contributed by atoms with van der Waals surface area (Å²) in [7, 11) is 0. The maximum absolute atomic E-state index is 12.0. The van der Waals surface area contributed by atoms with Gasteiger partial charge in [-0.1, -0.05) is 31.2 Å². The molecule has 0 saturated carbocycles. The molecule has 1 aliphatic rings. The summed E-state index contributed by atoms with van der Waals surface area (Å²) in [5, 5.41) is 5.33. The summed E-state index contributed by atoms with van der Waals surface area (Å²) in [6, 6.07) is 16.2. The molecule has 0 aromatic heterocycles. The van der Waals surface area contributed by atoms with Crippen LogP contribution in [-0.2, 0) is 22.4 Å². The normalized spacial score (nSPS) is 13.8. The standard InChI is InChI=1S/C24H31N3O2/c1-2-19-8-12-21(13-9-19)26-24(29)23(28)25-16-6-7-20-10-14-22(15-11-20)27-17-4-3-5-18-27/h8-15H,2-7,16-18H2,1H3,(H,25,28)(H,26,29). The molecule has 2 N–H and O–H groups in total. The van der Waals surface area contributed by atoms with Crippen LogP contribution in [0, 0.1) is 0 Å². The fraction of sp³-hybridized carbons (Fsp3) is 0.417. The van der Waals surface area contributed by atoms with Crippen molar-refractivity contribution in [2.75, 3.05) is 29.9 Å². The zero-order chi connectivity index (χ0) is 20.5. The van der Waals surface area contributed by atoms with Gasteiger partial charge in [0.1, 0.15) is 0 Å². The molecule has 0 radical (unpaired) electrons. The highest BCUT2D eigenvalue weighted by molar-refractivity contribution is 6.39. The summed E-state index contributed by atoms with van der Waals surface area (Å²) in [5.74, 6) is -1.22. The molecule has 5 heteroatoms. The SMILES string of the molecule is CCc1ccc(NC(=O)C(=O)NCCCc2ccc(N3CCCCC3)cc2)cc1. The highest BCUT2D eigenvalue weighted by atomic mass is 16.2. The molecule has 1 aliphatic heterocycles. The Morgan fingerprint density at radius 2 is 1.52 bits per heavy atom. The second-order valence-electron chi connectivity index (χ2n) is 7.58. The number of piperidine rings is 1. The molecule has 0 bridgehead atoms. The van der Waals surface area contributed by atoms with Crippen molar-refractivity contribution in [1.82, 2.24) is 5.32 Å². The van der Waals surface area contributed by atoms with Crippen molar-refractivity contribution < 1.29 is 9.59 Å². The van der Waals surface area contributed by atoms with Crippen LogP contribution < -0.4 is 15.5 Å². The average molecular weight is 394 g/mol.